The maximum absolute atomic E-state index is 11.7. The Labute approximate surface area is 133 Å². The maximum atomic E-state index is 11.7. The summed E-state index contributed by atoms with van der Waals surface area (Å²) >= 11 is 0. The number of rotatable bonds is 6. The average Bonchev–Trinajstić information content (AvgIpc) is 2.59. The number of amides is 2. The van der Waals surface area contributed by atoms with Crippen molar-refractivity contribution in [3.63, 3.8) is 0 Å². The lowest BCUT2D eigenvalue weighted by atomic mass is 10.2. The highest BCUT2D eigenvalue weighted by Crippen LogP contribution is 2.09. The van der Waals surface area contributed by atoms with E-state index in [9.17, 15) is 9.59 Å². The molecule has 23 heavy (non-hydrogen) atoms. The first-order chi connectivity index (χ1) is 11.2. The summed E-state index contributed by atoms with van der Waals surface area (Å²) in [6, 6.07) is 17.4. The summed E-state index contributed by atoms with van der Waals surface area (Å²) < 4.78 is 5.27. The lowest BCUT2D eigenvalue weighted by molar-refractivity contribution is -0.125. The van der Waals surface area contributed by atoms with E-state index in [1.807, 2.05) is 12.1 Å². The molecule has 2 amide bonds. The van der Waals surface area contributed by atoms with Gasteiger partial charge < -0.3 is 15.4 Å². The Morgan fingerprint density at radius 2 is 1.83 bits per heavy atom. The van der Waals surface area contributed by atoms with E-state index in [2.05, 4.69) is 10.6 Å². The number of nitrogens with zero attached hydrogens (tertiary/aromatic N) is 1. The molecule has 2 rings (SSSR count). The molecule has 0 spiro atoms. The van der Waals surface area contributed by atoms with Gasteiger partial charge in [-0.05, 0) is 30.3 Å². The topological polar surface area (TPSA) is 91.2 Å². The van der Waals surface area contributed by atoms with Crippen molar-refractivity contribution in [3.05, 3.63) is 60.2 Å². The van der Waals surface area contributed by atoms with Gasteiger partial charge in [-0.1, -0.05) is 24.3 Å². The van der Waals surface area contributed by atoms with Crippen LogP contribution in [0.3, 0.4) is 0 Å². The van der Waals surface area contributed by atoms with Gasteiger partial charge in [-0.2, -0.15) is 5.26 Å². The zero-order valence-corrected chi connectivity index (χ0v) is 12.3. The molecule has 0 aromatic heterocycles. The molecule has 0 aliphatic rings. The van der Waals surface area contributed by atoms with E-state index in [4.69, 9.17) is 10.00 Å². The van der Waals surface area contributed by atoms with Gasteiger partial charge in [-0.15, -0.1) is 0 Å². The maximum Gasteiger partial charge on any atom is 0.258 e. The number of carbonyl (C=O) groups is 2. The number of benzene rings is 2. The van der Waals surface area contributed by atoms with Crippen LogP contribution in [0.15, 0.2) is 54.6 Å². The van der Waals surface area contributed by atoms with Gasteiger partial charge in [0.25, 0.3) is 5.91 Å². The van der Waals surface area contributed by atoms with Crippen LogP contribution in [0.25, 0.3) is 0 Å². The largest absolute Gasteiger partial charge is 0.484 e. The zero-order chi connectivity index (χ0) is 16.5. The lowest BCUT2D eigenvalue weighted by Gasteiger charge is -2.08. The molecule has 0 aliphatic heterocycles. The third-order valence-electron chi connectivity index (χ3n) is 2.83. The SMILES string of the molecule is N#Cc1cccc(NC(=O)CNC(=O)COc2ccccc2)c1. The summed E-state index contributed by atoms with van der Waals surface area (Å²) in [4.78, 5) is 23.4. The molecule has 116 valence electrons. The minimum atomic E-state index is -0.394. The van der Waals surface area contributed by atoms with Gasteiger partial charge >= 0.3 is 0 Å². The summed E-state index contributed by atoms with van der Waals surface area (Å²) in [5.74, 6) is -0.191. The van der Waals surface area contributed by atoms with Gasteiger partial charge in [0, 0.05) is 5.69 Å². The van der Waals surface area contributed by atoms with Crippen LogP contribution in [-0.4, -0.2) is 25.0 Å². The molecule has 0 unspecified atom stereocenters. The van der Waals surface area contributed by atoms with E-state index in [1.54, 1.807) is 48.5 Å². The Kier molecular flexibility index (Phi) is 5.72. The molecule has 0 saturated carbocycles. The normalized spacial score (nSPS) is 9.52. The second-order valence-electron chi connectivity index (χ2n) is 4.62. The van der Waals surface area contributed by atoms with Crippen LogP contribution in [0.4, 0.5) is 5.69 Å². The fourth-order valence-electron chi connectivity index (χ4n) is 1.77. The molecule has 0 atom stereocenters. The molecule has 2 aromatic rings. The molecule has 0 fully saturated rings. The third-order valence-corrected chi connectivity index (χ3v) is 2.83. The van der Waals surface area contributed by atoms with Crippen LogP contribution in [0.2, 0.25) is 0 Å². The summed E-state index contributed by atoms with van der Waals surface area (Å²) in [6.45, 7) is -0.338. The van der Waals surface area contributed by atoms with Crippen molar-refractivity contribution in [2.75, 3.05) is 18.5 Å². The predicted octanol–water partition coefficient (Wildman–Crippen LogP) is 1.69. The number of para-hydroxylation sites is 1. The summed E-state index contributed by atoms with van der Waals surface area (Å²) in [7, 11) is 0. The molecule has 0 aliphatic carbocycles. The summed E-state index contributed by atoms with van der Waals surface area (Å²) in [5, 5.41) is 13.9. The number of anilines is 1. The fraction of sp³-hybridized carbons (Fsp3) is 0.118. The van der Waals surface area contributed by atoms with E-state index >= 15 is 0 Å². The molecular weight excluding hydrogens is 294 g/mol. The number of ether oxygens (including phenoxy) is 1. The zero-order valence-electron chi connectivity index (χ0n) is 12.3. The van der Waals surface area contributed by atoms with Crippen LogP contribution in [0.5, 0.6) is 5.75 Å². The lowest BCUT2D eigenvalue weighted by Crippen LogP contribution is -2.35. The van der Waals surface area contributed by atoms with Gasteiger partial charge in [0.05, 0.1) is 18.2 Å². The van der Waals surface area contributed by atoms with Gasteiger partial charge in [0.2, 0.25) is 5.91 Å². The van der Waals surface area contributed by atoms with Gasteiger partial charge in [-0.3, -0.25) is 9.59 Å². The monoisotopic (exact) mass is 309 g/mol. The standard InChI is InChI=1S/C17H15N3O3/c18-10-13-5-4-6-14(9-13)20-16(21)11-19-17(22)12-23-15-7-2-1-3-8-15/h1-9H,11-12H2,(H,19,22)(H,20,21). The first-order valence-electron chi connectivity index (χ1n) is 6.92. The quantitative estimate of drug-likeness (QED) is 0.849. The van der Waals surface area contributed by atoms with Gasteiger partial charge in [0.15, 0.2) is 6.61 Å². The van der Waals surface area contributed by atoms with E-state index in [-0.39, 0.29) is 19.1 Å². The van der Waals surface area contributed by atoms with Crippen molar-refractivity contribution in [1.82, 2.24) is 5.32 Å². The second kappa shape index (κ2) is 8.20. The minimum absolute atomic E-state index is 0.165. The minimum Gasteiger partial charge on any atom is -0.484 e. The average molecular weight is 309 g/mol. The predicted molar refractivity (Wildman–Crippen MR) is 84.7 cm³/mol. The van der Waals surface area contributed by atoms with Crippen molar-refractivity contribution >= 4 is 17.5 Å². The van der Waals surface area contributed by atoms with E-state index < -0.39 is 5.91 Å². The van der Waals surface area contributed by atoms with Crippen molar-refractivity contribution in [2.24, 2.45) is 0 Å². The molecule has 6 heteroatoms. The van der Waals surface area contributed by atoms with Crippen LogP contribution >= 0.6 is 0 Å². The van der Waals surface area contributed by atoms with Crippen LogP contribution < -0.4 is 15.4 Å². The first-order valence-corrected chi connectivity index (χ1v) is 6.92. The van der Waals surface area contributed by atoms with E-state index in [0.717, 1.165) is 0 Å². The first kappa shape index (κ1) is 16.0. The van der Waals surface area contributed by atoms with Crippen molar-refractivity contribution in [3.8, 4) is 11.8 Å². The van der Waals surface area contributed by atoms with E-state index in [1.165, 1.54) is 0 Å². The molecule has 0 bridgehead atoms. The Morgan fingerprint density at radius 1 is 1.04 bits per heavy atom. The Morgan fingerprint density at radius 3 is 2.57 bits per heavy atom. The number of carbonyl (C=O) groups excluding carboxylic acids is 2. The van der Waals surface area contributed by atoms with Gasteiger partial charge in [0.1, 0.15) is 5.75 Å². The number of hydrogen-bond acceptors (Lipinski definition) is 4. The van der Waals surface area contributed by atoms with Crippen molar-refractivity contribution in [2.45, 2.75) is 0 Å². The second-order valence-corrected chi connectivity index (χ2v) is 4.62. The van der Waals surface area contributed by atoms with Crippen LogP contribution in [0, 0.1) is 11.3 Å². The summed E-state index contributed by atoms with van der Waals surface area (Å²) in [5.41, 5.74) is 0.951. The number of nitrogens with one attached hydrogen (secondary N) is 2. The fourth-order valence-corrected chi connectivity index (χ4v) is 1.77. The molecule has 6 nitrogen and oxygen atoms in total. The molecule has 0 saturated heterocycles. The van der Waals surface area contributed by atoms with Crippen molar-refractivity contribution in [1.29, 1.82) is 5.26 Å². The third kappa shape index (κ3) is 5.52. The Hall–Kier alpha value is -3.33. The van der Waals surface area contributed by atoms with Gasteiger partial charge in [-0.25, -0.2) is 0 Å². The van der Waals surface area contributed by atoms with E-state index in [0.29, 0.717) is 17.0 Å². The smallest absolute Gasteiger partial charge is 0.258 e. The Bertz CT molecular complexity index is 723. The highest BCUT2D eigenvalue weighted by atomic mass is 16.5. The number of nitriles is 1. The molecule has 0 radical (unpaired) electrons. The van der Waals surface area contributed by atoms with Crippen LogP contribution in [-0.2, 0) is 9.59 Å². The Balaban J connectivity index is 1.73. The summed E-state index contributed by atoms with van der Waals surface area (Å²) in [6.07, 6.45) is 0. The molecule has 2 aromatic carbocycles. The molecular formula is C17H15N3O3. The highest BCUT2D eigenvalue weighted by Gasteiger charge is 2.07. The highest BCUT2D eigenvalue weighted by molar-refractivity contribution is 5.94. The van der Waals surface area contributed by atoms with Crippen molar-refractivity contribution < 1.29 is 14.3 Å². The van der Waals surface area contributed by atoms with Crippen LogP contribution in [0.1, 0.15) is 5.56 Å². The molecule has 2 N–H and O–H groups in total. The number of hydrogen-bond donors (Lipinski definition) is 2. The molecule has 0 heterocycles.